The molecule has 4 heterocycles. The second kappa shape index (κ2) is 10.4. The van der Waals surface area contributed by atoms with Gasteiger partial charge in [-0.25, -0.2) is 18.7 Å². The van der Waals surface area contributed by atoms with Crippen LogP contribution >= 0.6 is 0 Å². The molecule has 9 nitrogen and oxygen atoms in total. The lowest BCUT2D eigenvalue weighted by Gasteiger charge is -2.37. The van der Waals surface area contributed by atoms with Crippen LogP contribution < -0.4 is 10.7 Å². The SMILES string of the molecule is Cc1c(CN2CCOCC23CC3)n(C(C)C)c2cc(-c3nc(N[C@@H]4CCOC[C@H]4O)ncc3F)c(F)cc2c1=O. The summed E-state index contributed by atoms with van der Waals surface area (Å²) in [5.41, 5.74) is 1.51. The van der Waals surface area contributed by atoms with Crippen LogP contribution in [0.3, 0.4) is 0 Å². The highest BCUT2D eigenvalue weighted by atomic mass is 19.1. The topological polar surface area (TPSA) is 102 Å². The van der Waals surface area contributed by atoms with E-state index in [4.69, 9.17) is 9.47 Å². The molecule has 0 radical (unpaired) electrons. The molecule has 0 unspecified atom stereocenters. The number of rotatable bonds is 6. The third-order valence-corrected chi connectivity index (χ3v) is 8.53. The zero-order valence-corrected chi connectivity index (χ0v) is 23.0. The van der Waals surface area contributed by atoms with Crippen LogP contribution in [0.15, 0.2) is 23.1 Å². The van der Waals surface area contributed by atoms with Gasteiger partial charge in [0.15, 0.2) is 11.2 Å². The maximum atomic E-state index is 15.6. The number of ether oxygens (including phenoxy) is 2. The highest BCUT2D eigenvalue weighted by Crippen LogP contribution is 2.44. The molecule has 2 atom stereocenters. The second-order valence-corrected chi connectivity index (χ2v) is 11.5. The van der Waals surface area contributed by atoms with E-state index in [-0.39, 0.29) is 52.3 Å². The van der Waals surface area contributed by atoms with Crippen LogP contribution in [0.25, 0.3) is 22.2 Å². The van der Waals surface area contributed by atoms with Gasteiger partial charge in [0.05, 0.1) is 43.7 Å². The third kappa shape index (κ3) is 4.78. The molecule has 1 saturated carbocycles. The van der Waals surface area contributed by atoms with E-state index in [2.05, 4.69) is 24.8 Å². The Bertz CT molecular complexity index is 1510. The Kier molecular flexibility index (Phi) is 7.10. The molecule has 11 heteroatoms. The fourth-order valence-corrected chi connectivity index (χ4v) is 6.05. The minimum atomic E-state index is -0.786. The molecular formula is C29H35F2N5O4. The van der Waals surface area contributed by atoms with E-state index in [1.807, 2.05) is 13.8 Å². The first-order chi connectivity index (χ1) is 19.2. The normalized spacial score (nSPS) is 22.8. The summed E-state index contributed by atoms with van der Waals surface area (Å²) in [5, 5.41) is 13.5. The van der Waals surface area contributed by atoms with Gasteiger partial charge in [-0.1, -0.05) is 0 Å². The summed E-state index contributed by atoms with van der Waals surface area (Å²) < 4.78 is 43.8. The van der Waals surface area contributed by atoms with Gasteiger partial charge in [0.2, 0.25) is 5.95 Å². The smallest absolute Gasteiger partial charge is 0.223 e. The fraction of sp³-hybridized carbons (Fsp3) is 0.552. The fourth-order valence-electron chi connectivity index (χ4n) is 6.05. The largest absolute Gasteiger partial charge is 0.389 e. The summed E-state index contributed by atoms with van der Waals surface area (Å²) >= 11 is 0. The van der Waals surface area contributed by atoms with Crippen molar-refractivity contribution < 1.29 is 23.4 Å². The van der Waals surface area contributed by atoms with Crippen LogP contribution in [-0.2, 0) is 16.0 Å². The van der Waals surface area contributed by atoms with Crippen LogP contribution in [0.2, 0.25) is 0 Å². The van der Waals surface area contributed by atoms with Crippen LogP contribution in [0.1, 0.15) is 50.4 Å². The Morgan fingerprint density at radius 1 is 1.20 bits per heavy atom. The van der Waals surface area contributed by atoms with Gasteiger partial charge in [0.25, 0.3) is 0 Å². The zero-order chi connectivity index (χ0) is 28.2. The predicted octanol–water partition coefficient (Wildman–Crippen LogP) is 3.55. The van der Waals surface area contributed by atoms with Crippen molar-refractivity contribution >= 4 is 16.9 Å². The van der Waals surface area contributed by atoms with Gasteiger partial charge in [0, 0.05) is 53.5 Å². The van der Waals surface area contributed by atoms with Crippen LogP contribution in [0.5, 0.6) is 0 Å². The average Bonchev–Trinajstić information content (AvgIpc) is 3.70. The summed E-state index contributed by atoms with van der Waals surface area (Å²) in [5.74, 6) is -1.45. The van der Waals surface area contributed by atoms with Crippen LogP contribution in [0, 0.1) is 18.6 Å². The monoisotopic (exact) mass is 555 g/mol. The molecule has 1 spiro atoms. The number of benzene rings is 1. The van der Waals surface area contributed by atoms with Gasteiger partial charge in [0.1, 0.15) is 11.5 Å². The molecule has 6 rings (SSSR count). The number of anilines is 1. The molecule has 1 aromatic carbocycles. The first kappa shape index (κ1) is 27.2. The summed E-state index contributed by atoms with van der Waals surface area (Å²) in [6.45, 7) is 9.17. The van der Waals surface area contributed by atoms with E-state index >= 15 is 8.78 Å². The number of morpholine rings is 1. The number of hydrogen-bond acceptors (Lipinski definition) is 8. The van der Waals surface area contributed by atoms with Gasteiger partial charge in [-0.05, 0) is 52.2 Å². The van der Waals surface area contributed by atoms with Crippen LogP contribution in [-0.4, -0.2) is 75.2 Å². The average molecular weight is 556 g/mol. The molecule has 0 bridgehead atoms. The summed E-state index contributed by atoms with van der Waals surface area (Å²) in [4.78, 5) is 24.3. The maximum absolute atomic E-state index is 15.6. The molecule has 1 aliphatic carbocycles. The number of pyridine rings is 1. The predicted molar refractivity (Wildman–Crippen MR) is 146 cm³/mol. The van der Waals surface area contributed by atoms with Gasteiger partial charge in [-0.3, -0.25) is 9.69 Å². The second-order valence-electron chi connectivity index (χ2n) is 11.5. The third-order valence-electron chi connectivity index (χ3n) is 8.53. The Hall–Kier alpha value is -2.99. The number of hydrogen-bond donors (Lipinski definition) is 2. The van der Waals surface area contributed by atoms with Crippen molar-refractivity contribution in [3.05, 3.63) is 51.4 Å². The van der Waals surface area contributed by atoms with Gasteiger partial charge < -0.3 is 24.5 Å². The van der Waals surface area contributed by atoms with Crippen molar-refractivity contribution in [2.75, 3.05) is 38.3 Å². The van der Waals surface area contributed by atoms with E-state index in [0.717, 1.165) is 31.3 Å². The molecule has 214 valence electrons. The Morgan fingerprint density at radius 2 is 2.00 bits per heavy atom. The van der Waals surface area contributed by atoms with E-state index < -0.39 is 17.7 Å². The standard InChI is InChI=1S/C29H35F2N5O4/c1-16(2)36-23-11-18(26-21(31)12-32-28(34-26)33-22-4-8-39-14-25(22)37)20(30)10-19(23)27(38)17(3)24(36)13-35-7-9-40-15-29(35)5-6-29/h10-12,16,22,25,37H,4-9,13-15H2,1-3H3,(H,32,33,34)/t22-,25-/m1/s1. The maximum Gasteiger partial charge on any atom is 0.223 e. The van der Waals surface area contributed by atoms with E-state index in [9.17, 15) is 9.90 Å². The Labute approximate surface area is 231 Å². The lowest BCUT2D eigenvalue weighted by Crippen LogP contribution is -2.47. The molecule has 2 N–H and O–H groups in total. The number of nitrogens with one attached hydrogen (secondary N) is 1. The van der Waals surface area contributed by atoms with Crippen molar-refractivity contribution in [2.24, 2.45) is 0 Å². The van der Waals surface area contributed by atoms with E-state index in [1.165, 1.54) is 12.1 Å². The van der Waals surface area contributed by atoms with Crippen molar-refractivity contribution in [3.63, 3.8) is 0 Å². The van der Waals surface area contributed by atoms with Crippen LogP contribution in [0.4, 0.5) is 14.7 Å². The number of nitrogens with zero attached hydrogens (tertiary/aromatic N) is 4. The molecule has 0 amide bonds. The lowest BCUT2D eigenvalue weighted by atomic mass is 10.0. The van der Waals surface area contributed by atoms with Gasteiger partial charge in [-0.15, -0.1) is 0 Å². The zero-order valence-electron chi connectivity index (χ0n) is 23.0. The van der Waals surface area contributed by atoms with Crippen molar-refractivity contribution in [2.45, 2.75) is 70.3 Å². The van der Waals surface area contributed by atoms with E-state index in [0.29, 0.717) is 43.9 Å². The molecule has 3 aliphatic rings. The molecule has 3 fully saturated rings. The van der Waals surface area contributed by atoms with Crippen molar-refractivity contribution in [3.8, 4) is 11.3 Å². The summed E-state index contributed by atoms with van der Waals surface area (Å²) in [6, 6.07) is 2.30. The van der Waals surface area contributed by atoms with Gasteiger partial charge in [-0.2, -0.15) is 0 Å². The highest BCUT2D eigenvalue weighted by molar-refractivity contribution is 5.85. The summed E-state index contributed by atoms with van der Waals surface area (Å²) in [6.07, 6.45) is 2.87. The minimum absolute atomic E-state index is 0.0248. The van der Waals surface area contributed by atoms with Crippen molar-refractivity contribution in [1.82, 2.24) is 19.4 Å². The molecule has 2 aromatic heterocycles. The molecule has 2 aliphatic heterocycles. The van der Waals surface area contributed by atoms with Gasteiger partial charge >= 0.3 is 0 Å². The number of aromatic nitrogens is 3. The molecule has 2 saturated heterocycles. The number of halogens is 2. The number of aliphatic hydroxyl groups is 1. The highest BCUT2D eigenvalue weighted by Gasteiger charge is 2.50. The molecule has 40 heavy (non-hydrogen) atoms. The first-order valence-electron chi connectivity index (χ1n) is 13.9. The number of aliphatic hydroxyl groups excluding tert-OH is 1. The quantitative estimate of drug-likeness (QED) is 0.476. The molecular weight excluding hydrogens is 520 g/mol. The Balaban J connectivity index is 1.45. The Morgan fingerprint density at radius 3 is 2.73 bits per heavy atom. The number of fused-ring (bicyclic) bond motifs is 1. The summed E-state index contributed by atoms with van der Waals surface area (Å²) in [7, 11) is 0. The molecule has 3 aromatic rings. The lowest BCUT2D eigenvalue weighted by molar-refractivity contribution is -0.0256. The minimum Gasteiger partial charge on any atom is -0.389 e. The van der Waals surface area contributed by atoms with E-state index in [1.54, 1.807) is 6.92 Å². The van der Waals surface area contributed by atoms with Crippen molar-refractivity contribution in [1.29, 1.82) is 0 Å². The first-order valence-corrected chi connectivity index (χ1v) is 13.9.